The quantitative estimate of drug-likeness (QED) is 0.561. The first kappa shape index (κ1) is 22.2. The number of para-hydroxylation sites is 1. The Morgan fingerprint density at radius 1 is 1.09 bits per heavy atom. The van der Waals surface area contributed by atoms with Gasteiger partial charge in [0, 0.05) is 17.3 Å². The second-order valence-corrected chi connectivity index (χ2v) is 9.88. The molecule has 0 saturated carbocycles. The number of ether oxygens (including phenoxy) is 1. The summed E-state index contributed by atoms with van der Waals surface area (Å²) in [7, 11) is -3.70. The predicted octanol–water partition coefficient (Wildman–Crippen LogP) is 4.81. The number of carbonyl (C=O) groups excluding carboxylic acids is 1. The number of anilines is 2. The molecule has 0 bridgehead atoms. The van der Waals surface area contributed by atoms with Gasteiger partial charge < -0.3 is 10.1 Å². The summed E-state index contributed by atoms with van der Waals surface area (Å²) in [5, 5.41) is 3.23. The van der Waals surface area contributed by atoms with E-state index >= 15 is 0 Å². The van der Waals surface area contributed by atoms with Crippen LogP contribution in [-0.2, 0) is 21.2 Å². The topological polar surface area (TPSA) is 75.7 Å². The molecule has 8 heteroatoms. The third-order valence-corrected chi connectivity index (χ3v) is 7.31. The Hall–Kier alpha value is -3.03. The second kappa shape index (κ2) is 9.22. The summed E-state index contributed by atoms with van der Waals surface area (Å²) in [4.78, 5) is 12.4. The van der Waals surface area contributed by atoms with Gasteiger partial charge in [-0.25, -0.2) is 8.42 Å². The molecule has 0 fully saturated rings. The highest BCUT2D eigenvalue weighted by molar-refractivity contribution is 7.92. The molecule has 1 N–H and O–H groups in total. The van der Waals surface area contributed by atoms with Crippen molar-refractivity contribution in [1.82, 2.24) is 0 Å². The van der Waals surface area contributed by atoms with Gasteiger partial charge in [0.2, 0.25) is 0 Å². The molecule has 0 radical (unpaired) electrons. The normalized spacial score (nSPS) is 13.4. The third kappa shape index (κ3) is 4.74. The van der Waals surface area contributed by atoms with Crippen LogP contribution in [0.2, 0.25) is 5.02 Å². The number of sulfonamides is 1. The number of rotatable bonds is 6. The van der Waals surface area contributed by atoms with E-state index in [2.05, 4.69) is 5.32 Å². The molecule has 1 aliphatic heterocycles. The molecule has 6 nitrogen and oxygen atoms in total. The zero-order valence-electron chi connectivity index (χ0n) is 17.5. The first-order valence-corrected chi connectivity index (χ1v) is 12.1. The summed E-state index contributed by atoms with van der Waals surface area (Å²) in [5.74, 6) is 0.109. The lowest BCUT2D eigenvalue weighted by atomic mass is 10.0. The zero-order valence-corrected chi connectivity index (χ0v) is 19.1. The van der Waals surface area contributed by atoms with Crippen molar-refractivity contribution < 1.29 is 17.9 Å². The largest absolute Gasteiger partial charge is 0.483 e. The number of benzene rings is 3. The van der Waals surface area contributed by atoms with Gasteiger partial charge in [-0.05, 0) is 73.4 Å². The summed E-state index contributed by atoms with van der Waals surface area (Å²) in [6.07, 6.45) is 1.64. The van der Waals surface area contributed by atoms with Crippen LogP contribution in [0.15, 0.2) is 71.6 Å². The number of nitrogens with zero attached hydrogens (tertiary/aromatic N) is 1. The van der Waals surface area contributed by atoms with Crippen LogP contribution in [0.1, 0.15) is 17.5 Å². The highest BCUT2D eigenvalue weighted by atomic mass is 35.5. The van der Waals surface area contributed by atoms with Crippen molar-refractivity contribution in [2.24, 2.45) is 0 Å². The highest BCUT2D eigenvalue weighted by Crippen LogP contribution is 2.33. The molecule has 1 heterocycles. The molecule has 1 amide bonds. The molecule has 0 spiro atoms. The lowest BCUT2D eigenvalue weighted by Gasteiger charge is -2.30. The lowest BCUT2D eigenvalue weighted by Crippen LogP contribution is -2.35. The molecule has 0 aliphatic carbocycles. The maximum absolute atomic E-state index is 13.3. The molecule has 32 heavy (non-hydrogen) atoms. The standard InChI is InChI=1S/C24H23ClN2O4S/c1-17-14-21(32(29,30)27-13-5-7-18-6-2-3-10-22(18)27)11-12-23(17)31-16-24(28)26-20-9-4-8-19(25)15-20/h2-4,6,8-12,14-15H,5,7,13,16H2,1H3,(H,26,28). The number of amides is 1. The number of fused-ring (bicyclic) bond motifs is 1. The number of aryl methyl sites for hydroxylation is 2. The van der Waals surface area contributed by atoms with Crippen LogP contribution in [0.3, 0.4) is 0 Å². The van der Waals surface area contributed by atoms with Gasteiger partial charge in [-0.1, -0.05) is 35.9 Å². The molecule has 0 unspecified atom stereocenters. The van der Waals surface area contributed by atoms with E-state index in [1.807, 2.05) is 24.3 Å². The molecule has 0 saturated heterocycles. The monoisotopic (exact) mass is 470 g/mol. The highest BCUT2D eigenvalue weighted by Gasteiger charge is 2.29. The predicted molar refractivity (Wildman–Crippen MR) is 126 cm³/mol. The van der Waals surface area contributed by atoms with Crippen LogP contribution in [-0.4, -0.2) is 27.5 Å². The second-order valence-electron chi connectivity index (χ2n) is 7.58. The fourth-order valence-corrected chi connectivity index (χ4v) is 5.54. The Kier molecular flexibility index (Phi) is 6.39. The number of hydrogen-bond acceptors (Lipinski definition) is 4. The molecule has 0 aromatic heterocycles. The molecular formula is C24H23ClN2O4S. The van der Waals surface area contributed by atoms with Crippen molar-refractivity contribution in [2.45, 2.75) is 24.7 Å². The van der Waals surface area contributed by atoms with Crippen LogP contribution in [0, 0.1) is 6.92 Å². The Morgan fingerprint density at radius 3 is 2.69 bits per heavy atom. The Balaban J connectivity index is 1.47. The van der Waals surface area contributed by atoms with Crippen LogP contribution >= 0.6 is 11.6 Å². The van der Waals surface area contributed by atoms with Crippen LogP contribution < -0.4 is 14.4 Å². The molecule has 3 aromatic rings. The third-order valence-electron chi connectivity index (χ3n) is 5.27. The smallest absolute Gasteiger partial charge is 0.264 e. The van der Waals surface area contributed by atoms with Crippen molar-refractivity contribution in [2.75, 3.05) is 22.8 Å². The fraction of sp³-hybridized carbons (Fsp3) is 0.208. The van der Waals surface area contributed by atoms with Gasteiger partial charge in [0.25, 0.3) is 15.9 Å². The minimum absolute atomic E-state index is 0.197. The van der Waals surface area contributed by atoms with Crippen molar-refractivity contribution in [3.05, 3.63) is 82.9 Å². The van der Waals surface area contributed by atoms with Crippen molar-refractivity contribution in [3.8, 4) is 5.75 Å². The van der Waals surface area contributed by atoms with Crippen molar-refractivity contribution >= 4 is 38.9 Å². The number of carbonyl (C=O) groups is 1. The summed E-state index contributed by atoms with van der Waals surface area (Å²) in [6, 6.07) is 19.1. The van der Waals surface area contributed by atoms with E-state index in [1.165, 1.54) is 10.4 Å². The van der Waals surface area contributed by atoms with Gasteiger partial charge in [0.1, 0.15) is 5.75 Å². The zero-order chi connectivity index (χ0) is 22.7. The van der Waals surface area contributed by atoms with Gasteiger partial charge in [-0.3, -0.25) is 9.10 Å². The summed E-state index contributed by atoms with van der Waals surface area (Å²) >= 11 is 5.92. The van der Waals surface area contributed by atoms with E-state index in [1.54, 1.807) is 43.3 Å². The van der Waals surface area contributed by atoms with E-state index in [4.69, 9.17) is 16.3 Å². The summed E-state index contributed by atoms with van der Waals surface area (Å²) in [6.45, 7) is 1.99. The maximum atomic E-state index is 13.3. The van der Waals surface area contributed by atoms with Gasteiger partial charge >= 0.3 is 0 Å². The first-order valence-electron chi connectivity index (χ1n) is 10.2. The van der Waals surface area contributed by atoms with E-state index < -0.39 is 10.0 Å². The van der Waals surface area contributed by atoms with Crippen LogP contribution in [0.25, 0.3) is 0 Å². The summed E-state index contributed by atoms with van der Waals surface area (Å²) < 4.78 is 33.7. The first-order chi connectivity index (χ1) is 15.3. The lowest BCUT2D eigenvalue weighted by molar-refractivity contribution is -0.118. The van der Waals surface area contributed by atoms with E-state index in [-0.39, 0.29) is 17.4 Å². The number of halogens is 1. The van der Waals surface area contributed by atoms with Crippen LogP contribution in [0.4, 0.5) is 11.4 Å². The minimum atomic E-state index is -3.70. The van der Waals surface area contributed by atoms with E-state index in [0.29, 0.717) is 28.6 Å². The maximum Gasteiger partial charge on any atom is 0.264 e. The Bertz CT molecular complexity index is 1260. The average Bonchev–Trinajstić information content (AvgIpc) is 2.77. The average molecular weight is 471 g/mol. The van der Waals surface area contributed by atoms with Gasteiger partial charge in [0.05, 0.1) is 10.6 Å². The van der Waals surface area contributed by atoms with Gasteiger partial charge in [-0.2, -0.15) is 0 Å². The van der Waals surface area contributed by atoms with E-state index in [9.17, 15) is 13.2 Å². The number of nitrogens with one attached hydrogen (secondary N) is 1. The summed E-state index contributed by atoms with van der Waals surface area (Å²) in [5.41, 5.74) is 2.97. The SMILES string of the molecule is Cc1cc(S(=O)(=O)N2CCCc3ccccc32)ccc1OCC(=O)Nc1cccc(Cl)c1. The van der Waals surface area contributed by atoms with E-state index in [0.717, 1.165) is 24.1 Å². The minimum Gasteiger partial charge on any atom is -0.483 e. The Morgan fingerprint density at radius 2 is 1.91 bits per heavy atom. The molecule has 0 atom stereocenters. The van der Waals surface area contributed by atoms with Crippen LogP contribution in [0.5, 0.6) is 5.75 Å². The molecule has 4 rings (SSSR count). The molecule has 3 aromatic carbocycles. The number of hydrogen-bond donors (Lipinski definition) is 1. The molecule has 1 aliphatic rings. The van der Waals surface area contributed by atoms with Gasteiger partial charge in [0.15, 0.2) is 6.61 Å². The Labute approximate surface area is 192 Å². The van der Waals surface area contributed by atoms with Gasteiger partial charge in [-0.15, -0.1) is 0 Å². The molecular weight excluding hydrogens is 448 g/mol. The molecule has 166 valence electrons. The van der Waals surface area contributed by atoms with Crippen molar-refractivity contribution in [3.63, 3.8) is 0 Å². The fourth-order valence-electron chi connectivity index (χ4n) is 3.73. The van der Waals surface area contributed by atoms with Crippen molar-refractivity contribution in [1.29, 1.82) is 0 Å².